The summed E-state index contributed by atoms with van der Waals surface area (Å²) in [6, 6.07) is 14.3. The van der Waals surface area contributed by atoms with Gasteiger partial charge >= 0.3 is 0 Å². The van der Waals surface area contributed by atoms with Gasteiger partial charge in [-0.2, -0.15) is 0 Å². The Labute approximate surface area is 182 Å². The number of halogens is 1. The number of β-amino-alcohol motifs (C(OH)–C–C–N with tert-alkyl or cyclic N) is 1. The van der Waals surface area contributed by atoms with Crippen LogP contribution in [-0.2, 0) is 14.8 Å². The molecule has 0 aromatic heterocycles. The van der Waals surface area contributed by atoms with Crippen LogP contribution in [-0.4, -0.2) is 70.7 Å². The first-order valence-electron chi connectivity index (χ1n) is 9.66. The van der Waals surface area contributed by atoms with Gasteiger partial charge in [0.25, 0.3) is 0 Å². The highest BCUT2D eigenvalue weighted by Gasteiger charge is 2.24. The number of ether oxygens (including phenoxy) is 2. The van der Waals surface area contributed by atoms with Gasteiger partial charge in [0.1, 0.15) is 18.5 Å². The molecule has 7 nitrogen and oxygen atoms in total. The van der Waals surface area contributed by atoms with Crippen LogP contribution in [0.15, 0.2) is 48.5 Å². The van der Waals surface area contributed by atoms with Crippen LogP contribution in [0, 0.1) is 0 Å². The molecule has 1 fully saturated rings. The first-order valence-corrected chi connectivity index (χ1v) is 11.9. The van der Waals surface area contributed by atoms with Crippen LogP contribution in [0.25, 0.3) is 0 Å². The normalized spacial score (nSPS) is 18.7. The molecule has 2 atom stereocenters. The molecule has 2 aromatic rings. The van der Waals surface area contributed by atoms with Crippen molar-refractivity contribution in [3.8, 4) is 5.75 Å². The summed E-state index contributed by atoms with van der Waals surface area (Å²) < 4.78 is 35.9. The highest BCUT2D eigenvalue weighted by atomic mass is 35.5. The number of benzene rings is 2. The monoisotopic (exact) mass is 454 g/mol. The molecule has 0 aliphatic carbocycles. The Hall–Kier alpha value is -1.84. The lowest BCUT2D eigenvalue weighted by Crippen LogP contribution is -2.43. The van der Waals surface area contributed by atoms with Crippen LogP contribution < -0.4 is 9.04 Å². The van der Waals surface area contributed by atoms with E-state index in [-0.39, 0.29) is 12.7 Å². The van der Waals surface area contributed by atoms with Crippen LogP contribution in [0.4, 0.5) is 5.69 Å². The standard InChI is InChI=1S/C21H27ClN2O5S/c1-23(30(2,26)27)18-6-8-20(9-7-18)29-15-19(25)13-24-10-11-28-21(14-24)16-4-3-5-17(22)12-16/h3-9,12,19,21,25H,10-11,13-15H2,1-2H3/t19-,21-/m0/s1. The van der Waals surface area contributed by atoms with E-state index in [1.54, 1.807) is 24.3 Å². The maximum atomic E-state index is 11.6. The van der Waals surface area contributed by atoms with Crippen molar-refractivity contribution in [2.45, 2.75) is 12.2 Å². The van der Waals surface area contributed by atoms with E-state index in [9.17, 15) is 13.5 Å². The molecule has 0 unspecified atom stereocenters. The van der Waals surface area contributed by atoms with E-state index in [1.807, 2.05) is 24.3 Å². The maximum absolute atomic E-state index is 11.6. The lowest BCUT2D eigenvalue weighted by Gasteiger charge is -2.34. The molecule has 30 heavy (non-hydrogen) atoms. The zero-order valence-electron chi connectivity index (χ0n) is 17.1. The van der Waals surface area contributed by atoms with E-state index in [4.69, 9.17) is 21.1 Å². The maximum Gasteiger partial charge on any atom is 0.231 e. The predicted molar refractivity (Wildman–Crippen MR) is 118 cm³/mol. The fraction of sp³-hybridized carbons (Fsp3) is 0.429. The van der Waals surface area contributed by atoms with Gasteiger partial charge in [0, 0.05) is 31.7 Å². The smallest absolute Gasteiger partial charge is 0.231 e. The average molecular weight is 455 g/mol. The van der Waals surface area contributed by atoms with E-state index < -0.39 is 16.1 Å². The van der Waals surface area contributed by atoms with Crippen molar-refractivity contribution in [1.82, 2.24) is 4.90 Å². The molecule has 3 rings (SSSR count). The van der Waals surface area contributed by atoms with Crippen molar-refractivity contribution in [2.24, 2.45) is 0 Å². The van der Waals surface area contributed by atoms with Crippen LogP contribution in [0.2, 0.25) is 5.02 Å². The van der Waals surface area contributed by atoms with E-state index >= 15 is 0 Å². The molecule has 1 heterocycles. The number of nitrogens with zero attached hydrogens (tertiary/aromatic N) is 2. The van der Waals surface area contributed by atoms with Gasteiger partial charge in [-0.3, -0.25) is 9.21 Å². The Morgan fingerprint density at radius 2 is 2.03 bits per heavy atom. The van der Waals surface area contributed by atoms with Crippen molar-refractivity contribution < 1.29 is 23.0 Å². The molecule has 0 saturated carbocycles. The van der Waals surface area contributed by atoms with Crippen molar-refractivity contribution in [3.05, 3.63) is 59.1 Å². The summed E-state index contributed by atoms with van der Waals surface area (Å²) in [5.41, 5.74) is 1.57. The third kappa shape index (κ3) is 6.33. The Morgan fingerprint density at radius 1 is 1.30 bits per heavy atom. The van der Waals surface area contributed by atoms with Crippen molar-refractivity contribution >= 4 is 27.3 Å². The lowest BCUT2D eigenvalue weighted by atomic mass is 10.1. The summed E-state index contributed by atoms with van der Waals surface area (Å²) in [7, 11) is -1.81. The molecule has 0 bridgehead atoms. The predicted octanol–water partition coefficient (Wildman–Crippen LogP) is 2.55. The molecule has 164 valence electrons. The van der Waals surface area contributed by atoms with Gasteiger partial charge in [-0.25, -0.2) is 8.42 Å². The Balaban J connectivity index is 1.49. The van der Waals surface area contributed by atoms with E-state index in [0.717, 1.165) is 18.4 Å². The van der Waals surface area contributed by atoms with Gasteiger partial charge in [-0.15, -0.1) is 0 Å². The molecule has 2 aromatic carbocycles. The van der Waals surface area contributed by atoms with E-state index in [1.165, 1.54) is 11.4 Å². The molecular weight excluding hydrogens is 428 g/mol. The summed E-state index contributed by atoms with van der Waals surface area (Å²) >= 11 is 6.08. The first-order chi connectivity index (χ1) is 14.2. The number of rotatable bonds is 8. The second kappa shape index (κ2) is 9.98. The summed E-state index contributed by atoms with van der Waals surface area (Å²) in [6.45, 7) is 2.60. The van der Waals surface area contributed by atoms with Gasteiger partial charge in [0.2, 0.25) is 10.0 Å². The number of morpholine rings is 1. The highest BCUT2D eigenvalue weighted by molar-refractivity contribution is 7.92. The molecule has 1 N–H and O–H groups in total. The number of hydrogen-bond acceptors (Lipinski definition) is 6. The van der Waals surface area contributed by atoms with Crippen LogP contribution in [0.5, 0.6) is 5.75 Å². The fourth-order valence-electron chi connectivity index (χ4n) is 3.26. The Kier molecular flexibility index (Phi) is 7.60. The van der Waals surface area contributed by atoms with Gasteiger partial charge in [0.05, 0.1) is 24.7 Å². The quantitative estimate of drug-likeness (QED) is 0.660. The number of sulfonamides is 1. The van der Waals surface area contributed by atoms with Crippen molar-refractivity contribution in [3.63, 3.8) is 0 Å². The Morgan fingerprint density at radius 3 is 2.70 bits per heavy atom. The zero-order valence-corrected chi connectivity index (χ0v) is 18.6. The van der Waals surface area contributed by atoms with Gasteiger partial charge in [0.15, 0.2) is 0 Å². The second-order valence-electron chi connectivity index (χ2n) is 7.36. The average Bonchev–Trinajstić information content (AvgIpc) is 2.72. The van der Waals surface area contributed by atoms with Gasteiger partial charge < -0.3 is 14.6 Å². The number of anilines is 1. The summed E-state index contributed by atoms with van der Waals surface area (Å²) in [5, 5.41) is 11.1. The largest absolute Gasteiger partial charge is 0.491 e. The van der Waals surface area contributed by atoms with E-state index in [2.05, 4.69) is 4.90 Å². The minimum atomic E-state index is -3.31. The number of aliphatic hydroxyl groups is 1. The SMILES string of the molecule is CN(c1ccc(OC[C@@H](O)CN2CCO[C@H](c3cccc(Cl)c3)C2)cc1)S(C)(=O)=O. The van der Waals surface area contributed by atoms with Crippen LogP contribution in [0.1, 0.15) is 11.7 Å². The molecule has 0 amide bonds. The van der Waals surface area contributed by atoms with Crippen LogP contribution in [0.3, 0.4) is 0 Å². The third-order valence-corrected chi connectivity index (χ3v) is 6.42. The van der Waals surface area contributed by atoms with Crippen LogP contribution >= 0.6 is 11.6 Å². The lowest BCUT2D eigenvalue weighted by molar-refractivity contribution is -0.0459. The number of aliphatic hydroxyl groups excluding tert-OH is 1. The minimum absolute atomic E-state index is 0.0788. The molecular formula is C21H27ClN2O5S. The first kappa shape index (κ1) is 22.8. The molecule has 1 aliphatic rings. The zero-order chi connectivity index (χ0) is 21.7. The summed E-state index contributed by atoms with van der Waals surface area (Å²) in [6.07, 6.45) is 0.405. The minimum Gasteiger partial charge on any atom is -0.491 e. The topological polar surface area (TPSA) is 79.3 Å². The molecule has 1 aliphatic heterocycles. The van der Waals surface area contributed by atoms with Crippen molar-refractivity contribution in [1.29, 1.82) is 0 Å². The molecule has 9 heteroatoms. The van der Waals surface area contributed by atoms with E-state index in [0.29, 0.717) is 36.2 Å². The molecule has 1 saturated heterocycles. The van der Waals surface area contributed by atoms with Gasteiger partial charge in [-0.1, -0.05) is 23.7 Å². The Bertz CT molecular complexity index is 939. The summed E-state index contributed by atoms with van der Waals surface area (Å²) in [5.74, 6) is 0.568. The molecule has 0 radical (unpaired) electrons. The highest BCUT2D eigenvalue weighted by Crippen LogP contribution is 2.25. The van der Waals surface area contributed by atoms with Crippen molar-refractivity contribution in [2.75, 3.05) is 50.5 Å². The molecule has 0 spiro atoms. The third-order valence-electron chi connectivity index (χ3n) is 4.98. The second-order valence-corrected chi connectivity index (χ2v) is 9.81. The van der Waals surface area contributed by atoms with Gasteiger partial charge in [-0.05, 0) is 42.0 Å². The fourth-order valence-corrected chi connectivity index (χ4v) is 3.97. The number of hydrogen-bond donors (Lipinski definition) is 1. The summed E-state index contributed by atoms with van der Waals surface area (Å²) in [4.78, 5) is 2.15.